The molecule has 3 heterocycles. The van der Waals surface area contributed by atoms with Crippen molar-refractivity contribution >= 4 is 38.4 Å². The fourth-order valence-corrected chi connectivity index (χ4v) is 5.77. The first-order valence-corrected chi connectivity index (χ1v) is 13.0. The monoisotopic (exact) mass is 500 g/mol. The van der Waals surface area contributed by atoms with Gasteiger partial charge >= 0.3 is 0 Å². The maximum atomic E-state index is 13.2. The lowest BCUT2D eigenvalue weighted by molar-refractivity contribution is -0.110. The van der Waals surface area contributed by atoms with Gasteiger partial charge in [-0.25, -0.2) is 22.4 Å². The van der Waals surface area contributed by atoms with Crippen LogP contribution in [0.2, 0.25) is 0 Å². The van der Waals surface area contributed by atoms with Gasteiger partial charge in [0.1, 0.15) is 24.2 Å². The van der Waals surface area contributed by atoms with Crippen LogP contribution in [0.25, 0.3) is 22.1 Å². The Morgan fingerprint density at radius 1 is 1.14 bits per heavy atom. The molecule has 0 spiro atoms. The Morgan fingerprint density at radius 2 is 1.83 bits per heavy atom. The largest absolute Gasteiger partial charge is 0.388 e. The third kappa shape index (κ3) is 5.00. The van der Waals surface area contributed by atoms with Crippen LogP contribution >= 0.6 is 0 Å². The summed E-state index contributed by atoms with van der Waals surface area (Å²) < 4.78 is 33.7. The normalized spacial score (nSPS) is 17.5. The van der Waals surface area contributed by atoms with Gasteiger partial charge in [-0.2, -0.15) is 0 Å². The first kappa shape index (κ1) is 26.5. The smallest absolute Gasteiger partial charge is 0.269 e. The van der Waals surface area contributed by atoms with E-state index in [4.69, 9.17) is 0 Å². The molecule has 1 saturated carbocycles. The number of rotatable bonds is 5. The summed E-state index contributed by atoms with van der Waals surface area (Å²) >= 11 is 0. The minimum absolute atomic E-state index is 0.0145. The van der Waals surface area contributed by atoms with E-state index in [1.54, 1.807) is 50.6 Å². The Morgan fingerprint density at radius 3 is 2.43 bits per heavy atom. The fraction of sp³-hybridized carbons (Fsp3) is 0.400. The number of pyridine rings is 1. The van der Waals surface area contributed by atoms with Crippen molar-refractivity contribution in [1.82, 2.24) is 18.5 Å². The van der Waals surface area contributed by atoms with Crippen molar-refractivity contribution in [3.05, 3.63) is 54.6 Å². The maximum Gasteiger partial charge on any atom is 0.269 e. The molecule has 2 unspecified atom stereocenters. The Balaban J connectivity index is 0.000000638. The quantitative estimate of drug-likeness (QED) is 0.413. The second kappa shape index (κ2) is 11.6. The first-order valence-electron chi connectivity index (χ1n) is 11.6. The third-order valence-corrected chi connectivity index (χ3v) is 7.53. The number of aliphatic hydroxyl groups is 1. The molecule has 0 aliphatic heterocycles. The van der Waals surface area contributed by atoms with E-state index in [2.05, 4.69) is 14.7 Å². The van der Waals surface area contributed by atoms with Gasteiger partial charge in [-0.05, 0) is 37.5 Å². The fourth-order valence-electron chi connectivity index (χ4n) is 4.45. The van der Waals surface area contributed by atoms with Gasteiger partial charge < -0.3 is 19.2 Å². The highest BCUT2D eigenvalue weighted by molar-refractivity contribution is 7.90. The molecule has 0 bridgehead atoms. The van der Waals surface area contributed by atoms with E-state index in [1.165, 1.54) is 16.4 Å². The summed E-state index contributed by atoms with van der Waals surface area (Å²) in [6.07, 6.45) is 6.28. The van der Waals surface area contributed by atoms with Crippen LogP contribution in [0.15, 0.2) is 53.7 Å². The number of nitrogens with zero attached hydrogens (tertiary/aromatic N) is 4. The van der Waals surface area contributed by atoms with Crippen LogP contribution in [0.4, 0.5) is 0 Å². The SMILES string of the molecule is CC.COC.O=CC1CCC(n2c(CO)nc3cnc4c(ccn4S(=O)(=O)c4ccccc4)c32)C1. The zero-order valence-corrected chi connectivity index (χ0v) is 21.3. The number of imidazole rings is 1. The molecule has 0 radical (unpaired) electrons. The number of ether oxygens (including phenoxy) is 1. The summed E-state index contributed by atoms with van der Waals surface area (Å²) in [5.74, 6) is 0.480. The number of hydrogen-bond donors (Lipinski definition) is 1. The van der Waals surface area contributed by atoms with E-state index >= 15 is 0 Å². The molecule has 3 aromatic heterocycles. The summed E-state index contributed by atoms with van der Waals surface area (Å²) in [4.78, 5) is 20.3. The van der Waals surface area contributed by atoms with E-state index in [0.717, 1.165) is 24.6 Å². The number of aliphatic hydroxyl groups excluding tert-OH is 1. The molecule has 0 saturated heterocycles. The molecule has 0 amide bonds. The van der Waals surface area contributed by atoms with E-state index in [1.807, 2.05) is 18.4 Å². The van der Waals surface area contributed by atoms with Crippen LogP contribution in [0.5, 0.6) is 0 Å². The van der Waals surface area contributed by atoms with Gasteiger partial charge in [-0.15, -0.1) is 0 Å². The number of carbonyl (C=O) groups excluding carboxylic acids is 1. The van der Waals surface area contributed by atoms with Crippen molar-refractivity contribution in [2.75, 3.05) is 14.2 Å². The molecule has 1 aromatic carbocycles. The van der Waals surface area contributed by atoms with Gasteiger partial charge in [-0.3, -0.25) is 0 Å². The summed E-state index contributed by atoms with van der Waals surface area (Å²) in [7, 11) is -0.555. The third-order valence-electron chi connectivity index (χ3n) is 5.85. The maximum absolute atomic E-state index is 13.2. The highest BCUT2D eigenvalue weighted by atomic mass is 32.2. The molecular weight excluding hydrogens is 468 g/mol. The average molecular weight is 501 g/mol. The molecule has 1 fully saturated rings. The average Bonchev–Trinajstić information content (AvgIpc) is 3.61. The lowest BCUT2D eigenvalue weighted by Crippen LogP contribution is -2.12. The van der Waals surface area contributed by atoms with Gasteiger partial charge in [0.25, 0.3) is 10.0 Å². The highest BCUT2D eigenvalue weighted by Gasteiger charge is 2.30. The lowest BCUT2D eigenvalue weighted by Gasteiger charge is -2.16. The van der Waals surface area contributed by atoms with E-state index in [9.17, 15) is 18.3 Å². The number of fused-ring (bicyclic) bond motifs is 3. The topological polar surface area (TPSA) is 116 Å². The van der Waals surface area contributed by atoms with Gasteiger partial charge in [0.05, 0.1) is 16.6 Å². The molecule has 9 nitrogen and oxygen atoms in total. The number of methoxy groups -OCH3 is 1. The Kier molecular flexibility index (Phi) is 8.76. The van der Waals surface area contributed by atoms with Crippen LogP contribution in [-0.4, -0.2) is 52.5 Å². The molecule has 1 aliphatic carbocycles. The number of aldehydes is 1. The van der Waals surface area contributed by atoms with Gasteiger partial charge in [0.2, 0.25) is 0 Å². The van der Waals surface area contributed by atoms with Crippen molar-refractivity contribution in [3.63, 3.8) is 0 Å². The van der Waals surface area contributed by atoms with Crippen molar-refractivity contribution in [2.45, 2.75) is 50.7 Å². The molecule has 4 aromatic rings. The second-order valence-corrected chi connectivity index (χ2v) is 9.80. The number of benzene rings is 1. The number of aromatic nitrogens is 4. The van der Waals surface area contributed by atoms with Gasteiger partial charge in [0.15, 0.2) is 5.65 Å². The van der Waals surface area contributed by atoms with Crippen LogP contribution < -0.4 is 0 Å². The van der Waals surface area contributed by atoms with Crippen LogP contribution in [0.3, 0.4) is 0 Å². The van der Waals surface area contributed by atoms with Crippen molar-refractivity contribution in [1.29, 1.82) is 0 Å². The molecule has 35 heavy (non-hydrogen) atoms. The van der Waals surface area contributed by atoms with Crippen molar-refractivity contribution in [3.8, 4) is 0 Å². The predicted molar refractivity (Wildman–Crippen MR) is 135 cm³/mol. The second-order valence-electron chi connectivity index (χ2n) is 7.99. The molecule has 2 atom stereocenters. The molecular formula is C25H32N4O5S. The van der Waals surface area contributed by atoms with Crippen LogP contribution in [0.1, 0.15) is 45.0 Å². The number of hydrogen-bond acceptors (Lipinski definition) is 7. The van der Waals surface area contributed by atoms with Crippen molar-refractivity contribution in [2.24, 2.45) is 5.92 Å². The molecule has 1 N–H and O–H groups in total. The molecule has 10 heteroatoms. The standard InChI is InChI=1S/C21H20N4O4S.C2H6O.C2H6/c26-12-14-6-7-15(10-14)25-19(13-27)23-18-11-22-21-17(20(18)25)8-9-24(21)30(28,29)16-4-2-1-3-5-16;1-3-2;1-2/h1-5,8-9,11-12,14-15,27H,6-7,10,13H2;1-2H3;1-2H3. The van der Waals surface area contributed by atoms with Gasteiger partial charge in [-0.1, -0.05) is 32.0 Å². The van der Waals surface area contributed by atoms with Crippen molar-refractivity contribution < 1.29 is 23.1 Å². The molecule has 5 rings (SSSR count). The highest BCUT2D eigenvalue weighted by Crippen LogP contribution is 2.38. The summed E-state index contributed by atoms with van der Waals surface area (Å²) in [6, 6.07) is 9.95. The minimum Gasteiger partial charge on any atom is -0.388 e. The van der Waals surface area contributed by atoms with Gasteiger partial charge in [0, 0.05) is 37.8 Å². The molecule has 188 valence electrons. The predicted octanol–water partition coefficient (Wildman–Crippen LogP) is 3.94. The Bertz CT molecular complexity index is 1380. The van der Waals surface area contributed by atoms with Crippen LogP contribution in [-0.2, 0) is 26.2 Å². The van der Waals surface area contributed by atoms with Crippen LogP contribution in [0, 0.1) is 5.92 Å². The first-order chi connectivity index (χ1) is 17.0. The lowest BCUT2D eigenvalue weighted by atomic mass is 10.1. The minimum atomic E-state index is -3.81. The number of carbonyl (C=O) groups is 1. The zero-order valence-electron chi connectivity index (χ0n) is 20.5. The summed E-state index contributed by atoms with van der Waals surface area (Å²) in [6.45, 7) is 3.75. The van der Waals surface area contributed by atoms with E-state index < -0.39 is 10.0 Å². The molecule has 1 aliphatic rings. The summed E-state index contributed by atoms with van der Waals surface area (Å²) in [5.41, 5.74) is 1.64. The Labute approximate surface area is 205 Å². The summed E-state index contributed by atoms with van der Waals surface area (Å²) in [5, 5.41) is 10.5. The van der Waals surface area contributed by atoms with E-state index in [0.29, 0.717) is 28.8 Å². The zero-order chi connectivity index (χ0) is 25.6. The Hall–Kier alpha value is -3.08. The van der Waals surface area contributed by atoms with E-state index in [-0.39, 0.29) is 23.5 Å².